The molecule has 2 rings (SSSR count). The van der Waals surface area contributed by atoms with Crippen molar-refractivity contribution in [2.24, 2.45) is 0 Å². The van der Waals surface area contributed by atoms with E-state index in [1.165, 1.54) is 6.07 Å². The summed E-state index contributed by atoms with van der Waals surface area (Å²) < 4.78 is 39.5. The summed E-state index contributed by atoms with van der Waals surface area (Å²) in [7, 11) is -3.71. The van der Waals surface area contributed by atoms with Crippen molar-refractivity contribution in [1.29, 1.82) is 0 Å². The van der Waals surface area contributed by atoms with Gasteiger partial charge in [-0.2, -0.15) is 0 Å². The third-order valence-electron chi connectivity index (χ3n) is 3.31. The zero-order chi connectivity index (χ0) is 18.4. The van der Waals surface area contributed by atoms with Gasteiger partial charge in [0.2, 0.25) is 0 Å². The van der Waals surface area contributed by atoms with Gasteiger partial charge in [0, 0.05) is 11.3 Å². The Bertz CT molecular complexity index is 708. The first-order valence-electron chi connectivity index (χ1n) is 8.34. The van der Waals surface area contributed by atoms with Crippen LogP contribution < -0.4 is 5.32 Å². The summed E-state index contributed by atoms with van der Waals surface area (Å²) in [5.41, 5.74) is 0.951. The van der Waals surface area contributed by atoms with E-state index < -0.39 is 19.2 Å². The van der Waals surface area contributed by atoms with Gasteiger partial charge in [0.25, 0.3) is 0 Å². The molecule has 1 atom stereocenters. The summed E-state index contributed by atoms with van der Waals surface area (Å²) in [6.45, 7) is 7.10. The van der Waals surface area contributed by atoms with Crippen LogP contribution in [0.1, 0.15) is 39.0 Å². The zero-order valence-corrected chi connectivity index (χ0v) is 15.9. The molecule has 0 aliphatic rings. The van der Waals surface area contributed by atoms with E-state index in [1.54, 1.807) is 45.9 Å². The molecule has 0 saturated heterocycles. The van der Waals surface area contributed by atoms with E-state index in [4.69, 9.17) is 9.05 Å². The summed E-state index contributed by atoms with van der Waals surface area (Å²) in [6.07, 6.45) is -0.673. The summed E-state index contributed by atoms with van der Waals surface area (Å²) in [6, 6.07) is 15.4. The predicted octanol–water partition coefficient (Wildman–Crippen LogP) is 5.98. The summed E-state index contributed by atoms with van der Waals surface area (Å²) in [5, 5.41) is 3.13. The molecule has 0 amide bonds. The van der Waals surface area contributed by atoms with Crippen LogP contribution in [0.25, 0.3) is 0 Å². The van der Waals surface area contributed by atoms with E-state index in [1.807, 2.05) is 30.3 Å². The van der Waals surface area contributed by atoms with E-state index >= 15 is 0 Å². The van der Waals surface area contributed by atoms with Gasteiger partial charge in [-0.3, -0.25) is 4.57 Å². The SMILES string of the molecule is CC(C)OP(=O)(OC(C)C)C(Nc1ccccc1)c1ccccc1F. The smallest absolute Gasteiger partial charge is 0.357 e. The lowest BCUT2D eigenvalue weighted by Gasteiger charge is -2.31. The second kappa shape index (κ2) is 8.61. The van der Waals surface area contributed by atoms with Crippen molar-refractivity contribution < 1.29 is 18.0 Å². The number of hydrogen-bond acceptors (Lipinski definition) is 4. The van der Waals surface area contributed by atoms with E-state index in [0.29, 0.717) is 5.69 Å². The minimum atomic E-state index is -3.71. The molecular weight excluding hydrogens is 340 g/mol. The van der Waals surface area contributed by atoms with E-state index in [9.17, 15) is 8.96 Å². The first kappa shape index (κ1) is 19.6. The van der Waals surface area contributed by atoms with Crippen molar-refractivity contribution in [3.63, 3.8) is 0 Å². The first-order chi connectivity index (χ1) is 11.8. The maximum atomic E-state index is 14.5. The average molecular weight is 365 g/mol. The molecule has 0 spiro atoms. The number of halogens is 1. The average Bonchev–Trinajstić information content (AvgIpc) is 2.53. The van der Waals surface area contributed by atoms with Crippen LogP contribution in [0.3, 0.4) is 0 Å². The molecule has 0 saturated carbocycles. The minimum Gasteiger partial charge on any atom is -0.368 e. The Hall–Kier alpha value is -1.68. The Morgan fingerprint density at radius 3 is 1.92 bits per heavy atom. The molecule has 0 bridgehead atoms. The molecule has 2 aromatic rings. The van der Waals surface area contributed by atoms with Crippen LogP contribution in [0.2, 0.25) is 0 Å². The van der Waals surface area contributed by atoms with Gasteiger partial charge < -0.3 is 14.4 Å². The highest BCUT2D eigenvalue weighted by atomic mass is 31.2. The van der Waals surface area contributed by atoms with E-state index in [-0.39, 0.29) is 17.8 Å². The van der Waals surface area contributed by atoms with Gasteiger partial charge in [0.1, 0.15) is 5.82 Å². The number of rotatable bonds is 8. The van der Waals surface area contributed by atoms with Gasteiger partial charge in [-0.25, -0.2) is 4.39 Å². The lowest BCUT2D eigenvalue weighted by Crippen LogP contribution is -2.20. The molecule has 2 aromatic carbocycles. The maximum absolute atomic E-state index is 14.5. The molecule has 136 valence electrons. The second-order valence-electron chi connectivity index (χ2n) is 6.28. The third-order valence-corrected chi connectivity index (χ3v) is 5.78. The highest BCUT2D eigenvalue weighted by Gasteiger charge is 2.40. The van der Waals surface area contributed by atoms with Crippen molar-refractivity contribution in [1.82, 2.24) is 0 Å². The third kappa shape index (κ3) is 5.40. The normalized spacial score (nSPS) is 13.2. The molecule has 6 heteroatoms. The van der Waals surface area contributed by atoms with Crippen LogP contribution in [0, 0.1) is 5.82 Å². The quantitative estimate of drug-likeness (QED) is 0.585. The first-order valence-corrected chi connectivity index (χ1v) is 9.95. The van der Waals surface area contributed by atoms with E-state index in [2.05, 4.69) is 5.32 Å². The predicted molar refractivity (Wildman–Crippen MR) is 99.3 cm³/mol. The van der Waals surface area contributed by atoms with Crippen LogP contribution in [0.5, 0.6) is 0 Å². The Morgan fingerprint density at radius 2 is 1.40 bits per heavy atom. The number of hydrogen-bond donors (Lipinski definition) is 1. The fourth-order valence-electron chi connectivity index (χ4n) is 2.45. The Kier molecular flexibility index (Phi) is 6.77. The van der Waals surface area contributed by atoms with Gasteiger partial charge in [-0.1, -0.05) is 36.4 Å². The molecule has 25 heavy (non-hydrogen) atoms. The van der Waals surface area contributed by atoms with Gasteiger partial charge in [-0.05, 0) is 45.9 Å². The van der Waals surface area contributed by atoms with Crippen LogP contribution in [0.4, 0.5) is 10.1 Å². The number of benzene rings is 2. The van der Waals surface area contributed by atoms with Gasteiger partial charge in [0.15, 0.2) is 5.78 Å². The highest BCUT2D eigenvalue weighted by molar-refractivity contribution is 7.54. The van der Waals surface area contributed by atoms with Crippen LogP contribution >= 0.6 is 7.60 Å². The Labute approximate surface area is 148 Å². The molecule has 0 aliphatic heterocycles. The van der Waals surface area contributed by atoms with Crippen LogP contribution in [-0.4, -0.2) is 12.2 Å². The van der Waals surface area contributed by atoms with Crippen molar-refractivity contribution in [3.05, 3.63) is 66.0 Å². The number of nitrogens with one attached hydrogen (secondary N) is 1. The zero-order valence-electron chi connectivity index (χ0n) is 15.0. The van der Waals surface area contributed by atoms with Crippen molar-refractivity contribution in [2.75, 3.05) is 5.32 Å². The molecule has 4 nitrogen and oxygen atoms in total. The molecule has 0 aromatic heterocycles. The second-order valence-corrected chi connectivity index (χ2v) is 8.30. The molecule has 0 fully saturated rings. The molecule has 0 aliphatic carbocycles. The Morgan fingerprint density at radius 1 is 0.880 bits per heavy atom. The van der Waals surface area contributed by atoms with E-state index in [0.717, 1.165) is 0 Å². The van der Waals surface area contributed by atoms with Crippen LogP contribution in [-0.2, 0) is 13.6 Å². The number of anilines is 1. The molecule has 0 radical (unpaired) electrons. The largest absolute Gasteiger partial charge is 0.368 e. The molecular formula is C19H25FNO3P. The Balaban J connectivity index is 2.51. The van der Waals surface area contributed by atoms with Gasteiger partial charge in [0.05, 0.1) is 12.2 Å². The van der Waals surface area contributed by atoms with Crippen molar-refractivity contribution >= 4 is 13.3 Å². The number of para-hydroxylation sites is 1. The highest BCUT2D eigenvalue weighted by Crippen LogP contribution is 2.62. The monoisotopic (exact) mass is 365 g/mol. The standard InChI is InChI=1S/C19H25FNO3P/c1-14(2)23-25(22,24-15(3)4)19(17-12-8-9-13-18(17)20)21-16-10-6-5-7-11-16/h5-15,19,21H,1-4H3. The fourth-order valence-corrected chi connectivity index (χ4v) is 4.78. The van der Waals surface area contributed by atoms with Gasteiger partial charge >= 0.3 is 7.60 Å². The lowest BCUT2D eigenvalue weighted by atomic mass is 10.2. The fraction of sp³-hybridized carbons (Fsp3) is 0.368. The summed E-state index contributed by atoms with van der Waals surface area (Å²) in [5.74, 6) is -1.42. The lowest BCUT2D eigenvalue weighted by molar-refractivity contribution is 0.137. The molecule has 0 heterocycles. The molecule has 1 unspecified atom stereocenters. The topological polar surface area (TPSA) is 47.6 Å². The van der Waals surface area contributed by atoms with Crippen LogP contribution in [0.15, 0.2) is 54.6 Å². The van der Waals surface area contributed by atoms with Gasteiger partial charge in [-0.15, -0.1) is 0 Å². The maximum Gasteiger partial charge on any atom is 0.357 e. The van der Waals surface area contributed by atoms with Crippen molar-refractivity contribution in [2.45, 2.75) is 45.7 Å². The molecule has 1 N–H and O–H groups in total. The minimum absolute atomic E-state index is 0.246. The summed E-state index contributed by atoms with van der Waals surface area (Å²) >= 11 is 0. The van der Waals surface area contributed by atoms with Crippen molar-refractivity contribution in [3.8, 4) is 0 Å². The summed E-state index contributed by atoms with van der Waals surface area (Å²) in [4.78, 5) is 0.